The standard InChI is InChI=1S/C32H15I3N8/c33-21-13-20-22(24(35)23(21)34)32-42-30-19-12-6-5-11-18(19)28(40-30)38-26-15-8-2-1-7-14(15)25(36-26)37-27-16-9-3-4-10-17(16)29(39-27)41-31(20)43-32/h1-13H,(H2,36,37,38,39,40,41,42,43). The average molecular weight is 892 g/mol. The van der Waals surface area contributed by atoms with Gasteiger partial charge in [-0.2, -0.15) is 0 Å². The second kappa shape index (κ2) is 9.72. The fourth-order valence-corrected chi connectivity index (χ4v) is 8.06. The van der Waals surface area contributed by atoms with E-state index in [1.807, 2.05) is 72.8 Å². The van der Waals surface area contributed by atoms with Gasteiger partial charge in [0.1, 0.15) is 22.6 Å². The smallest absolute Gasteiger partial charge is 0.164 e. The molecule has 0 atom stereocenters. The number of benzene rings is 4. The van der Waals surface area contributed by atoms with Gasteiger partial charge < -0.3 is 9.97 Å². The molecule has 3 aromatic heterocycles. The predicted molar refractivity (Wildman–Crippen MR) is 194 cm³/mol. The Morgan fingerprint density at radius 3 is 1.30 bits per heavy atom. The number of nitrogens with one attached hydrogen (secondary N) is 2. The van der Waals surface area contributed by atoms with Gasteiger partial charge in [-0.1, -0.05) is 72.8 Å². The van der Waals surface area contributed by atoms with Gasteiger partial charge in [0.2, 0.25) is 0 Å². The van der Waals surface area contributed by atoms with Gasteiger partial charge in [0.05, 0.1) is 0 Å². The van der Waals surface area contributed by atoms with Crippen molar-refractivity contribution >= 4 is 112 Å². The van der Waals surface area contributed by atoms with Crippen molar-refractivity contribution in [3.05, 3.63) is 89.6 Å². The van der Waals surface area contributed by atoms with Crippen LogP contribution in [0.1, 0.15) is 0 Å². The Kier molecular flexibility index (Phi) is 5.85. The van der Waals surface area contributed by atoms with Gasteiger partial charge in [-0.3, -0.25) is 0 Å². The molecule has 8 nitrogen and oxygen atoms in total. The molecule has 0 amide bonds. The van der Waals surface area contributed by atoms with E-state index in [0.29, 0.717) is 45.9 Å². The Morgan fingerprint density at radius 2 is 0.814 bits per heavy atom. The summed E-state index contributed by atoms with van der Waals surface area (Å²) in [6.07, 6.45) is 0. The van der Waals surface area contributed by atoms with Crippen LogP contribution in [0.15, 0.2) is 78.9 Å². The van der Waals surface area contributed by atoms with Crippen LogP contribution in [0.4, 0.5) is 0 Å². The number of halogens is 3. The molecule has 7 aromatic rings. The minimum absolute atomic E-state index is 0.596. The zero-order valence-corrected chi connectivity index (χ0v) is 28.3. The van der Waals surface area contributed by atoms with Crippen molar-refractivity contribution in [2.45, 2.75) is 0 Å². The van der Waals surface area contributed by atoms with Crippen molar-refractivity contribution in [2.75, 3.05) is 0 Å². The number of aromatic nitrogens is 8. The lowest BCUT2D eigenvalue weighted by Gasteiger charge is -2.02. The van der Waals surface area contributed by atoms with Crippen LogP contribution in [0, 0.1) is 10.7 Å². The van der Waals surface area contributed by atoms with Crippen LogP contribution < -0.4 is 0 Å². The Hall–Kier alpha value is -3.57. The lowest BCUT2D eigenvalue weighted by atomic mass is 10.1. The van der Waals surface area contributed by atoms with Crippen LogP contribution in [-0.4, -0.2) is 39.9 Å². The van der Waals surface area contributed by atoms with E-state index in [1.165, 1.54) is 3.57 Å². The number of aromatic amines is 2. The highest BCUT2D eigenvalue weighted by Crippen LogP contribution is 2.38. The van der Waals surface area contributed by atoms with Gasteiger partial charge in [-0.05, 0) is 73.8 Å². The predicted octanol–water partition coefficient (Wildman–Crippen LogP) is 8.68. The highest BCUT2D eigenvalue weighted by atomic mass is 127. The van der Waals surface area contributed by atoms with Crippen molar-refractivity contribution in [3.63, 3.8) is 0 Å². The summed E-state index contributed by atoms with van der Waals surface area (Å²) >= 11 is 7.18. The summed E-state index contributed by atoms with van der Waals surface area (Å²) in [5, 5.41) is 3.88. The molecular formula is C32H15I3N8. The summed E-state index contributed by atoms with van der Waals surface area (Å²) in [6.45, 7) is 0. The van der Waals surface area contributed by atoms with Crippen LogP contribution in [0.25, 0.3) is 89.7 Å². The Balaban J connectivity index is 1.53. The minimum Gasteiger partial charge on any atom is -0.324 e. The summed E-state index contributed by atoms with van der Waals surface area (Å²) in [5.41, 5.74) is 6.46. The van der Waals surface area contributed by atoms with E-state index in [9.17, 15) is 0 Å². The molecular weight excluding hydrogens is 877 g/mol. The SMILES string of the molecule is Ic1cc2c3nc4nc(nc5[nH]c(nc6nc(nc([nH]3)c2c(I)c1I)-c1ccccc1-6)c1ccccc51)-c1ccccc1-4. The first-order valence-electron chi connectivity index (χ1n) is 13.3. The second-order valence-corrected chi connectivity index (χ2v) is 13.5. The van der Waals surface area contributed by atoms with Gasteiger partial charge in [0.25, 0.3) is 0 Å². The summed E-state index contributed by atoms with van der Waals surface area (Å²) in [4.78, 5) is 37.3. The second-order valence-electron chi connectivity index (χ2n) is 10.2. The first-order chi connectivity index (χ1) is 21.0. The van der Waals surface area contributed by atoms with Gasteiger partial charge >= 0.3 is 0 Å². The molecule has 2 aliphatic rings. The number of fused-ring (bicyclic) bond motifs is 20. The fraction of sp³-hybridized carbons (Fsp3) is 0. The Morgan fingerprint density at radius 1 is 0.419 bits per heavy atom. The lowest BCUT2D eigenvalue weighted by molar-refractivity contribution is 1.19. The van der Waals surface area contributed by atoms with Crippen LogP contribution >= 0.6 is 67.8 Å². The largest absolute Gasteiger partial charge is 0.324 e. The zero-order valence-electron chi connectivity index (χ0n) is 21.8. The maximum Gasteiger partial charge on any atom is 0.164 e. The van der Waals surface area contributed by atoms with E-state index in [1.54, 1.807) is 0 Å². The number of hydrogen-bond donors (Lipinski definition) is 2. The number of H-pyrrole nitrogens is 2. The molecule has 5 heterocycles. The summed E-state index contributed by atoms with van der Waals surface area (Å²) in [7, 11) is 0. The molecule has 0 unspecified atom stereocenters. The zero-order chi connectivity index (χ0) is 28.8. The molecule has 43 heavy (non-hydrogen) atoms. The number of rotatable bonds is 0. The van der Waals surface area contributed by atoms with Crippen molar-refractivity contribution < 1.29 is 0 Å². The monoisotopic (exact) mass is 892 g/mol. The molecule has 0 aliphatic carbocycles. The molecule has 11 heteroatoms. The lowest BCUT2D eigenvalue weighted by Crippen LogP contribution is -1.88. The average Bonchev–Trinajstić information content (AvgIpc) is 3.75. The molecule has 8 bridgehead atoms. The maximum atomic E-state index is 5.14. The molecule has 0 radical (unpaired) electrons. The highest BCUT2D eigenvalue weighted by Gasteiger charge is 2.23. The first kappa shape index (κ1) is 25.9. The maximum absolute atomic E-state index is 5.14. The third-order valence-corrected chi connectivity index (χ3v) is 12.8. The van der Waals surface area contributed by atoms with E-state index in [4.69, 9.17) is 29.9 Å². The molecule has 4 aromatic carbocycles. The summed E-state index contributed by atoms with van der Waals surface area (Å²) < 4.78 is 3.42. The fourth-order valence-electron chi connectivity index (χ4n) is 5.70. The molecule has 0 fully saturated rings. The quantitative estimate of drug-likeness (QED) is 0.117. The van der Waals surface area contributed by atoms with E-state index in [2.05, 4.69) is 83.8 Å². The highest BCUT2D eigenvalue weighted by molar-refractivity contribution is 14.1. The van der Waals surface area contributed by atoms with Crippen LogP contribution in [0.5, 0.6) is 0 Å². The third-order valence-electron chi connectivity index (χ3n) is 7.68. The molecule has 2 N–H and O–H groups in total. The minimum atomic E-state index is 0.596. The molecule has 0 spiro atoms. The van der Waals surface area contributed by atoms with Gasteiger partial charge in [-0.15, -0.1) is 0 Å². The van der Waals surface area contributed by atoms with Crippen molar-refractivity contribution in [3.8, 4) is 45.6 Å². The van der Waals surface area contributed by atoms with Gasteiger partial charge in [-0.25, -0.2) is 29.9 Å². The normalized spacial score (nSPS) is 12.1. The Labute approximate surface area is 284 Å². The van der Waals surface area contributed by atoms with Crippen molar-refractivity contribution in [1.82, 2.24) is 39.9 Å². The van der Waals surface area contributed by atoms with E-state index >= 15 is 0 Å². The molecule has 2 aliphatic heterocycles. The number of nitrogens with zero attached hydrogens (tertiary/aromatic N) is 6. The first-order valence-corrected chi connectivity index (χ1v) is 16.5. The van der Waals surface area contributed by atoms with Crippen LogP contribution in [0.2, 0.25) is 0 Å². The van der Waals surface area contributed by atoms with Gasteiger partial charge in [0, 0.05) is 54.5 Å². The summed E-state index contributed by atoms with van der Waals surface area (Å²) in [6, 6.07) is 26.4. The molecule has 0 saturated heterocycles. The topological polar surface area (TPSA) is 109 Å². The van der Waals surface area contributed by atoms with E-state index in [-0.39, 0.29) is 0 Å². The third kappa shape index (κ3) is 3.96. The molecule has 0 saturated carbocycles. The van der Waals surface area contributed by atoms with E-state index < -0.39 is 0 Å². The molecule has 9 rings (SSSR count). The van der Waals surface area contributed by atoms with Gasteiger partial charge in [0.15, 0.2) is 23.3 Å². The number of hydrogen-bond acceptors (Lipinski definition) is 6. The molecule has 204 valence electrons. The van der Waals surface area contributed by atoms with Crippen molar-refractivity contribution in [2.24, 2.45) is 0 Å². The van der Waals surface area contributed by atoms with Crippen LogP contribution in [-0.2, 0) is 0 Å². The Bertz CT molecular complexity index is 2520. The van der Waals surface area contributed by atoms with E-state index in [0.717, 1.165) is 50.9 Å². The summed E-state index contributed by atoms with van der Waals surface area (Å²) in [5.74, 6) is 2.39. The van der Waals surface area contributed by atoms with Crippen molar-refractivity contribution in [1.29, 1.82) is 0 Å². The van der Waals surface area contributed by atoms with Crippen LogP contribution in [0.3, 0.4) is 0 Å².